The highest BCUT2D eigenvalue weighted by Gasteiger charge is 2.30. The van der Waals surface area contributed by atoms with E-state index in [2.05, 4.69) is 4.98 Å². The summed E-state index contributed by atoms with van der Waals surface area (Å²) in [6.07, 6.45) is 2.34. The minimum atomic E-state index is -0.846. The van der Waals surface area contributed by atoms with Crippen molar-refractivity contribution in [1.82, 2.24) is 4.98 Å². The second kappa shape index (κ2) is 4.61. The quantitative estimate of drug-likeness (QED) is 0.891. The zero-order valence-electron chi connectivity index (χ0n) is 10.3. The van der Waals surface area contributed by atoms with E-state index < -0.39 is 5.97 Å². The second-order valence-electron chi connectivity index (χ2n) is 5.29. The summed E-state index contributed by atoms with van der Waals surface area (Å²) in [5, 5.41) is 10.7. The van der Waals surface area contributed by atoms with Gasteiger partial charge in [0.2, 0.25) is 0 Å². The van der Waals surface area contributed by atoms with E-state index in [1.165, 1.54) is 17.8 Å². The number of hydrogen-bond donors (Lipinski definition) is 1. The Morgan fingerprint density at radius 1 is 1.47 bits per heavy atom. The zero-order valence-corrected chi connectivity index (χ0v) is 12.0. The van der Waals surface area contributed by atoms with Crippen molar-refractivity contribution in [3.05, 3.63) is 15.6 Å². The Kier molecular flexibility index (Phi) is 3.50. The Hall–Kier alpha value is -0.550. The number of carboxylic acids is 1. The number of rotatable bonds is 2. The van der Waals surface area contributed by atoms with Gasteiger partial charge >= 0.3 is 5.97 Å². The van der Waals surface area contributed by atoms with Gasteiger partial charge in [-0.25, -0.2) is 9.78 Å². The third-order valence-corrected chi connectivity index (χ3v) is 5.45. The number of nitrogens with zero attached hydrogens (tertiary/aromatic N) is 1. The Bertz CT molecular complexity index is 428. The molecule has 0 aromatic carbocycles. The van der Waals surface area contributed by atoms with E-state index in [0.717, 1.165) is 22.9 Å². The zero-order chi connectivity index (χ0) is 12.6. The molecule has 94 valence electrons. The minimum Gasteiger partial charge on any atom is -0.477 e. The van der Waals surface area contributed by atoms with Gasteiger partial charge in [-0.05, 0) is 18.6 Å². The molecule has 1 aliphatic heterocycles. The van der Waals surface area contributed by atoms with E-state index in [4.69, 9.17) is 0 Å². The average Bonchev–Trinajstić information content (AvgIpc) is 2.85. The van der Waals surface area contributed by atoms with Crippen LogP contribution in [0.2, 0.25) is 0 Å². The minimum absolute atomic E-state index is 0.203. The molecule has 2 heterocycles. The smallest absolute Gasteiger partial charge is 0.347 e. The topological polar surface area (TPSA) is 50.2 Å². The van der Waals surface area contributed by atoms with Crippen LogP contribution >= 0.6 is 23.1 Å². The summed E-state index contributed by atoms with van der Waals surface area (Å²) < 4.78 is 0. The third-order valence-electron chi connectivity index (χ3n) is 2.75. The number of thiazole rings is 1. The van der Waals surface area contributed by atoms with Crippen LogP contribution in [0.3, 0.4) is 0 Å². The first kappa shape index (κ1) is 12.9. The predicted octanol–water partition coefficient (Wildman–Crippen LogP) is 3.71. The first-order chi connectivity index (χ1) is 7.89. The summed E-state index contributed by atoms with van der Waals surface area (Å²) in [6, 6.07) is 0. The van der Waals surface area contributed by atoms with Crippen LogP contribution < -0.4 is 0 Å². The molecule has 1 aliphatic rings. The van der Waals surface area contributed by atoms with Gasteiger partial charge in [-0.2, -0.15) is 11.8 Å². The predicted molar refractivity (Wildman–Crippen MR) is 72.2 cm³/mol. The first-order valence-electron chi connectivity index (χ1n) is 5.75. The number of aromatic carboxylic acids is 1. The van der Waals surface area contributed by atoms with Crippen LogP contribution in [-0.4, -0.2) is 21.8 Å². The molecular formula is C12H17NO2S2. The fourth-order valence-electron chi connectivity index (χ4n) is 1.90. The van der Waals surface area contributed by atoms with E-state index in [0.29, 0.717) is 10.1 Å². The van der Waals surface area contributed by atoms with Crippen LogP contribution in [0.1, 0.15) is 59.2 Å². The summed E-state index contributed by atoms with van der Waals surface area (Å²) in [4.78, 5) is 16.3. The number of aromatic nitrogens is 1. The lowest BCUT2D eigenvalue weighted by Crippen LogP contribution is -2.16. The van der Waals surface area contributed by atoms with Crippen molar-refractivity contribution < 1.29 is 9.90 Å². The van der Waals surface area contributed by atoms with Crippen molar-refractivity contribution in [3.63, 3.8) is 0 Å². The fourth-order valence-corrected chi connectivity index (χ4v) is 4.53. The van der Waals surface area contributed by atoms with Gasteiger partial charge in [0.05, 0.1) is 10.9 Å². The van der Waals surface area contributed by atoms with E-state index in [9.17, 15) is 9.90 Å². The molecule has 17 heavy (non-hydrogen) atoms. The molecule has 1 aromatic rings. The van der Waals surface area contributed by atoms with Crippen LogP contribution in [0.25, 0.3) is 0 Å². The van der Waals surface area contributed by atoms with Gasteiger partial charge in [0.1, 0.15) is 9.88 Å². The lowest BCUT2D eigenvalue weighted by molar-refractivity contribution is 0.0699. The van der Waals surface area contributed by atoms with Crippen molar-refractivity contribution in [2.75, 3.05) is 5.75 Å². The van der Waals surface area contributed by atoms with E-state index in [1.54, 1.807) is 0 Å². The van der Waals surface area contributed by atoms with Gasteiger partial charge < -0.3 is 5.11 Å². The molecule has 0 bridgehead atoms. The van der Waals surface area contributed by atoms with Crippen molar-refractivity contribution in [2.24, 2.45) is 0 Å². The SMILES string of the molecule is CC(C)(C)c1nc(C2CCCS2)sc1C(=O)O. The fraction of sp³-hybridized carbons (Fsp3) is 0.667. The largest absolute Gasteiger partial charge is 0.477 e. The molecule has 1 atom stereocenters. The molecule has 0 amide bonds. The highest BCUT2D eigenvalue weighted by Crippen LogP contribution is 2.43. The van der Waals surface area contributed by atoms with Gasteiger partial charge in [0.15, 0.2) is 0 Å². The van der Waals surface area contributed by atoms with Crippen LogP contribution in [0.5, 0.6) is 0 Å². The molecule has 1 N–H and O–H groups in total. The normalized spacial score (nSPS) is 20.8. The molecule has 0 aliphatic carbocycles. The van der Waals surface area contributed by atoms with Crippen molar-refractivity contribution in [2.45, 2.75) is 44.3 Å². The second-order valence-corrected chi connectivity index (χ2v) is 7.63. The van der Waals surface area contributed by atoms with Gasteiger partial charge in [-0.15, -0.1) is 11.3 Å². The van der Waals surface area contributed by atoms with Gasteiger partial charge in [-0.1, -0.05) is 20.8 Å². The van der Waals surface area contributed by atoms with E-state index in [1.807, 2.05) is 32.5 Å². The molecule has 5 heteroatoms. The average molecular weight is 271 g/mol. The molecule has 0 radical (unpaired) electrons. The Labute approximate surface area is 110 Å². The van der Waals surface area contributed by atoms with Crippen molar-refractivity contribution >= 4 is 29.1 Å². The first-order valence-corrected chi connectivity index (χ1v) is 7.62. The summed E-state index contributed by atoms with van der Waals surface area (Å²) >= 11 is 3.26. The highest BCUT2D eigenvalue weighted by molar-refractivity contribution is 7.99. The maximum Gasteiger partial charge on any atom is 0.347 e. The van der Waals surface area contributed by atoms with Crippen LogP contribution in [0.4, 0.5) is 0 Å². The van der Waals surface area contributed by atoms with Crippen molar-refractivity contribution in [1.29, 1.82) is 0 Å². The molecule has 1 unspecified atom stereocenters. The lowest BCUT2D eigenvalue weighted by atomic mass is 9.91. The van der Waals surface area contributed by atoms with Gasteiger partial charge in [0.25, 0.3) is 0 Å². The molecule has 0 spiro atoms. The Morgan fingerprint density at radius 3 is 2.59 bits per heavy atom. The molecule has 3 nitrogen and oxygen atoms in total. The maximum atomic E-state index is 11.3. The summed E-state index contributed by atoms with van der Waals surface area (Å²) in [5.41, 5.74) is 0.531. The molecule has 0 saturated carbocycles. The van der Waals surface area contributed by atoms with E-state index in [-0.39, 0.29) is 5.41 Å². The molecular weight excluding hydrogens is 254 g/mol. The maximum absolute atomic E-state index is 11.3. The van der Waals surface area contributed by atoms with Gasteiger partial charge in [0, 0.05) is 5.41 Å². The lowest BCUT2D eigenvalue weighted by Gasteiger charge is -2.16. The van der Waals surface area contributed by atoms with Crippen LogP contribution in [0, 0.1) is 0 Å². The standard InChI is InChI=1S/C12H17NO2S2/c1-12(2,3)9-8(11(14)15)17-10(13-9)7-5-4-6-16-7/h7H,4-6H2,1-3H3,(H,14,15). The van der Waals surface area contributed by atoms with Gasteiger partial charge in [-0.3, -0.25) is 0 Å². The molecule has 1 saturated heterocycles. The van der Waals surface area contributed by atoms with Crippen LogP contribution in [0.15, 0.2) is 0 Å². The summed E-state index contributed by atoms with van der Waals surface area (Å²) in [7, 11) is 0. The molecule has 2 rings (SSSR count). The van der Waals surface area contributed by atoms with Crippen LogP contribution in [-0.2, 0) is 5.41 Å². The number of carboxylic acid groups (broad SMARTS) is 1. The number of hydrogen-bond acceptors (Lipinski definition) is 4. The Morgan fingerprint density at radius 2 is 2.18 bits per heavy atom. The monoisotopic (exact) mass is 271 g/mol. The third kappa shape index (κ3) is 2.65. The highest BCUT2D eigenvalue weighted by atomic mass is 32.2. The Balaban J connectivity index is 2.40. The van der Waals surface area contributed by atoms with Crippen molar-refractivity contribution in [3.8, 4) is 0 Å². The molecule has 1 aromatic heterocycles. The summed E-state index contributed by atoms with van der Waals surface area (Å²) in [5.74, 6) is 0.319. The number of carbonyl (C=O) groups is 1. The molecule has 1 fully saturated rings. The van der Waals surface area contributed by atoms with E-state index >= 15 is 0 Å². The summed E-state index contributed by atoms with van der Waals surface area (Å²) in [6.45, 7) is 6.04. The number of thioether (sulfide) groups is 1.